The van der Waals surface area contributed by atoms with E-state index in [1.165, 1.54) is 6.07 Å². The Kier molecular flexibility index (Phi) is 5.27. The lowest BCUT2D eigenvalue weighted by molar-refractivity contribution is 0.0951. The minimum Gasteiger partial charge on any atom is -0.348 e. The molecule has 8 heteroatoms. The molecule has 140 valence electrons. The first-order valence-electron chi connectivity index (χ1n) is 8.26. The van der Waals surface area contributed by atoms with Crippen molar-refractivity contribution >= 4 is 21.6 Å². The predicted molar refractivity (Wildman–Crippen MR) is 104 cm³/mol. The third-order valence-corrected chi connectivity index (χ3v) is 4.58. The summed E-state index contributed by atoms with van der Waals surface area (Å²) in [5, 5.41) is 2.84. The number of amides is 1. The summed E-state index contributed by atoms with van der Waals surface area (Å²) < 4.78 is 27.2. The molecular formula is C19H20N4O3S. The number of carbonyl (C=O) groups excluding carboxylic acids is 1. The smallest absolute Gasteiger partial charge is 0.251 e. The van der Waals surface area contributed by atoms with Gasteiger partial charge in [-0.25, -0.2) is 13.4 Å². The Morgan fingerprint density at radius 3 is 2.52 bits per heavy atom. The highest BCUT2D eigenvalue weighted by atomic mass is 32.2. The van der Waals surface area contributed by atoms with Crippen molar-refractivity contribution < 1.29 is 13.2 Å². The Bertz CT molecular complexity index is 1040. The van der Waals surface area contributed by atoms with E-state index in [0.717, 1.165) is 23.1 Å². The van der Waals surface area contributed by atoms with Crippen molar-refractivity contribution in [1.29, 1.82) is 0 Å². The van der Waals surface area contributed by atoms with Crippen molar-refractivity contribution in [3.63, 3.8) is 0 Å². The summed E-state index contributed by atoms with van der Waals surface area (Å²) in [4.78, 5) is 16.4. The van der Waals surface area contributed by atoms with Crippen molar-refractivity contribution in [3.8, 4) is 5.69 Å². The maximum absolute atomic E-state index is 12.4. The maximum Gasteiger partial charge on any atom is 0.251 e. The normalized spacial score (nSPS) is 11.2. The zero-order valence-electron chi connectivity index (χ0n) is 15.0. The molecule has 1 aromatic heterocycles. The van der Waals surface area contributed by atoms with Gasteiger partial charge < -0.3 is 9.88 Å². The molecule has 0 fully saturated rings. The number of rotatable bonds is 6. The lowest BCUT2D eigenvalue weighted by atomic mass is 10.1. The highest BCUT2D eigenvalue weighted by Crippen LogP contribution is 2.18. The first-order valence-corrected chi connectivity index (χ1v) is 10.1. The van der Waals surface area contributed by atoms with Gasteiger partial charge in [-0.15, -0.1) is 0 Å². The van der Waals surface area contributed by atoms with E-state index >= 15 is 0 Å². The molecule has 0 spiro atoms. The molecule has 0 aliphatic carbocycles. The van der Waals surface area contributed by atoms with Gasteiger partial charge >= 0.3 is 0 Å². The van der Waals surface area contributed by atoms with E-state index in [2.05, 4.69) is 15.0 Å². The van der Waals surface area contributed by atoms with Crippen LogP contribution in [-0.4, -0.2) is 30.1 Å². The van der Waals surface area contributed by atoms with Gasteiger partial charge in [0.05, 0.1) is 18.3 Å². The summed E-state index contributed by atoms with van der Waals surface area (Å²) >= 11 is 0. The fourth-order valence-electron chi connectivity index (χ4n) is 2.56. The summed E-state index contributed by atoms with van der Waals surface area (Å²) in [6, 6.07) is 12.7. The highest BCUT2D eigenvalue weighted by molar-refractivity contribution is 7.92. The van der Waals surface area contributed by atoms with Gasteiger partial charge in [0.2, 0.25) is 10.0 Å². The molecule has 7 nitrogen and oxygen atoms in total. The van der Waals surface area contributed by atoms with Crippen molar-refractivity contribution in [3.05, 3.63) is 77.9 Å². The summed E-state index contributed by atoms with van der Waals surface area (Å²) in [5.41, 5.74) is 3.47. The second-order valence-electron chi connectivity index (χ2n) is 6.22. The summed E-state index contributed by atoms with van der Waals surface area (Å²) in [7, 11) is -3.41. The van der Waals surface area contributed by atoms with E-state index in [-0.39, 0.29) is 5.91 Å². The van der Waals surface area contributed by atoms with Gasteiger partial charge in [0.1, 0.15) is 0 Å². The second kappa shape index (κ2) is 7.63. The van der Waals surface area contributed by atoms with Crippen LogP contribution in [0.25, 0.3) is 5.69 Å². The molecule has 0 saturated carbocycles. The van der Waals surface area contributed by atoms with Crippen LogP contribution in [0.15, 0.2) is 61.2 Å². The van der Waals surface area contributed by atoms with Crippen molar-refractivity contribution in [2.45, 2.75) is 13.5 Å². The third kappa shape index (κ3) is 4.95. The van der Waals surface area contributed by atoms with Crippen LogP contribution in [0.4, 0.5) is 5.69 Å². The maximum atomic E-state index is 12.4. The van der Waals surface area contributed by atoms with Crippen LogP contribution in [0.3, 0.4) is 0 Å². The zero-order chi connectivity index (χ0) is 19.4. The van der Waals surface area contributed by atoms with Crippen LogP contribution in [0.1, 0.15) is 21.5 Å². The zero-order valence-corrected chi connectivity index (χ0v) is 15.8. The summed E-state index contributed by atoms with van der Waals surface area (Å²) in [5.74, 6) is -0.273. The predicted octanol–water partition coefficient (Wildman–Crippen LogP) is 2.48. The Balaban J connectivity index is 1.66. The van der Waals surface area contributed by atoms with Gasteiger partial charge in [0.25, 0.3) is 5.91 Å². The minimum absolute atomic E-state index is 0.273. The van der Waals surface area contributed by atoms with Gasteiger partial charge in [-0.3, -0.25) is 9.52 Å². The molecule has 0 saturated heterocycles. The lowest BCUT2D eigenvalue weighted by Crippen LogP contribution is -2.23. The number of nitrogens with one attached hydrogen (secondary N) is 2. The topological polar surface area (TPSA) is 93.1 Å². The van der Waals surface area contributed by atoms with Crippen molar-refractivity contribution in [2.75, 3.05) is 11.0 Å². The molecule has 3 rings (SSSR count). The van der Waals surface area contributed by atoms with Gasteiger partial charge in [0.15, 0.2) is 0 Å². The summed E-state index contributed by atoms with van der Waals surface area (Å²) in [6.07, 6.45) is 6.36. The van der Waals surface area contributed by atoms with Gasteiger partial charge in [-0.1, -0.05) is 18.2 Å². The molecule has 0 unspecified atom stereocenters. The van der Waals surface area contributed by atoms with E-state index < -0.39 is 10.0 Å². The third-order valence-electron chi connectivity index (χ3n) is 3.99. The fraction of sp³-hybridized carbons (Fsp3) is 0.158. The number of carbonyl (C=O) groups is 1. The van der Waals surface area contributed by atoms with Crippen LogP contribution in [-0.2, 0) is 16.6 Å². The molecule has 3 aromatic rings. The quantitative estimate of drug-likeness (QED) is 0.683. The van der Waals surface area contributed by atoms with Gasteiger partial charge in [-0.2, -0.15) is 0 Å². The number of nitrogens with zero attached hydrogens (tertiary/aromatic N) is 2. The number of sulfonamides is 1. The van der Waals surface area contributed by atoms with E-state index in [0.29, 0.717) is 17.8 Å². The second-order valence-corrected chi connectivity index (χ2v) is 7.97. The SMILES string of the molecule is Cc1ccc(C(=O)NCc2ccc(-n3ccnc3)cc2)cc1NS(C)(=O)=O. The van der Waals surface area contributed by atoms with Crippen LogP contribution >= 0.6 is 0 Å². The average Bonchev–Trinajstić information content (AvgIpc) is 3.15. The van der Waals surface area contributed by atoms with Gasteiger partial charge in [-0.05, 0) is 42.3 Å². The number of imidazole rings is 1. The number of hydrogen-bond acceptors (Lipinski definition) is 4. The largest absolute Gasteiger partial charge is 0.348 e. The Morgan fingerprint density at radius 2 is 1.89 bits per heavy atom. The molecule has 0 aliphatic rings. The van der Waals surface area contributed by atoms with E-state index in [4.69, 9.17) is 0 Å². The van der Waals surface area contributed by atoms with E-state index in [1.807, 2.05) is 35.0 Å². The average molecular weight is 384 g/mol. The highest BCUT2D eigenvalue weighted by Gasteiger charge is 2.10. The van der Waals surface area contributed by atoms with Crippen LogP contribution in [0.2, 0.25) is 0 Å². The minimum atomic E-state index is -3.41. The van der Waals surface area contributed by atoms with E-state index in [9.17, 15) is 13.2 Å². The molecule has 0 aliphatic heterocycles. The molecule has 1 amide bonds. The Hall–Kier alpha value is -3.13. The van der Waals surface area contributed by atoms with Gasteiger partial charge in [0, 0.05) is 30.2 Å². The Labute approximate surface area is 158 Å². The molecular weight excluding hydrogens is 364 g/mol. The molecule has 0 radical (unpaired) electrons. The van der Waals surface area contributed by atoms with E-state index in [1.54, 1.807) is 31.6 Å². The van der Waals surface area contributed by atoms with Crippen molar-refractivity contribution in [2.24, 2.45) is 0 Å². The number of aryl methyl sites for hydroxylation is 1. The van der Waals surface area contributed by atoms with Crippen LogP contribution < -0.4 is 10.0 Å². The first kappa shape index (κ1) is 18.7. The first-order chi connectivity index (χ1) is 12.8. The van der Waals surface area contributed by atoms with Crippen molar-refractivity contribution in [1.82, 2.24) is 14.9 Å². The fourth-order valence-corrected chi connectivity index (χ4v) is 3.17. The number of benzene rings is 2. The molecule has 2 aromatic carbocycles. The number of aromatic nitrogens is 2. The molecule has 0 bridgehead atoms. The molecule has 2 N–H and O–H groups in total. The molecule has 1 heterocycles. The number of hydrogen-bond donors (Lipinski definition) is 2. The molecule has 0 atom stereocenters. The molecule has 27 heavy (non-hydrogen) atoms. The monoisotopic (exact) mass is 384 g/mol. The lowest BCUT2D eigenvalue weighted by Gasteiger charge is -2.11. The number of anilines is 1. The standard InChI is InChI=1S/C19H20N4O3S/c1-14-3-6-16(11-18(14)22-27(2,25)26)19(24)21-12-15-4-7-17(8-5-15)23-10-9-20-13-23/h3-11,13,22H,12H2,1-2H3,(H,21,24). The van der Waals surface area contributed by atoms with Crippen LogP contribution in [0.5, 0.6) is 0 Å². The van der Waals surface area contributed by atoms with Crippen LogP contribution in [0, 0.1) is 6.92 Å². The summed E-state index contributed by atoms with van der Waals surface area (Å²) in [6.45, 7) is 2.14. The Morgan fingerprint density at radius 1 is 1.15 bits per heavy atom.